The van der Waals surface area contributed by atoms with Gasteiger partial charge in [0.15, 0.2) is 5.11 Å². The van der Waals surface area contributed by atoms with Crippen LogP contribution >= 0.6 is 12.2 Å². The van der Waals surface area contributed by atoms with E-state index in [9.17, 15) is 9.90 Å². The number of allylic oxidation sites excluding steroid dienone is 6. The van der Waals surface area contributed by atoms with Crippen LogP contribution in [0.5, 0.6) is 0 Å². The number of carboxylic acids is 1. The Morgan fingerprint density at radius 2 is 1.93 bits per heavy atom. The van der Waals surface area contributed by atoms with E-state index in [-0.39, 0.29) is 5.57 Å². The Bertz CT molecular complexity index is 601. The number of thiocarbonyl (C=S) groups is 1. The van der Waals surface area contributed by atoms with Crippen LogP contribution in [0.15, 0.2) is 59.8 Å². The lowest BCUT2D eigenvalue weighted by atomic mass is 10.0. The minimum absolute atomic E-state index is 0.282. The van der Waals surface area contributed by atoms with E-state index >= 15 is 0 Å². The van der Waals surface area contributed by atoms with Crippen molar-refractivity contribution >= 4 is 23.3 Å². The fourth-order valence-corrected chi connectivity index (χ4v) is 2.52. The summed E-state index contributed by atoms with van der Waals surface area (Å²) >= 11 is 5.23. The van der Waals surface area contributed by atoms with Crippen molar-refractivity contribution in [1.82, 2.24) is 10.6 Å². The lowest BCUT2D eigenvalue weighted by Crippen LogP contribution is -2.36. The molecule has 27 heavy (non-hydrogen) atoms. The largest absolute Gasteiger partial charge is 0.478 e. The van der Waals surface area contributed by atoms with Crippen LogP contribution in [0.4, 0.5) is 0 Å². The Hall–Kier alpha value is -2.14. The Balaban J connectivity index is 4.22. The Labute approximate surface area is 169 Å². The SMILES string of the molecule is C=CC=C(CC)C(=CCNC(=S)NCCCC=CC(C)=CCCC)C(=O)O. The summed E-state index contributed by atoms with van der Waals surface area (Å²) in [4.78, 5) is 11.4. The minimum Gasteiger partial charge on any atom is -0.478 e. The van der Waals surface area contributed by atoms with Gasteiger partial charge in [-0.25, -0.2) is 4.79 Å². The fraction of sp³-hybridized carbons (Fsp3) is 0.455. The zero-order valence-electron chi connectivity index (χ0n) is 16.9. The second-order valence-electron chi connectivity index (χ2n) is 6.12. The van der Waals surface area contributed by atoms with Crippen LogP contribution in [-0.4, -0.2) is 29.3 Å². The van der Waals surface area contributed by atoms with Gasteiger partial charge < -0.3 is 15.7 Å². The monoisotopic (exact) mass is 390 g/mol. The predicted molar refractivity (Wildman–Crippen MR) is 120 cm³/mol. The molecule has 5 heteroatoms. The number of rotatable bonds is 13. The summed E-state index contributed by atoms with van der Waals surface area (Å²) in [7, 11) is 0. The van der Waals surface area contributed by atoms with Crippen molar-refractivity contribution < 1.29 is 9.90 Å². The Morgan fingerprint density at radius 3 is 2.52 bits per heavy atom. The molecular formula is C22H34N2O2S. The maximum absolute atomic E-state index is 11.4. The number of hydrogen-bond acceptors (Lipinski definition) is 2. The summed E-state index contributed by atoms with van der Waals surface area (Å²) in [6.07, 6.45) is 16.5. The molecular weight excluding hydrogens is 356 g/mol. The number of unbranched alkanes of at least 4 members (excludes halogenated alkanes) is 2. The van der Waals surface area contributed by atoms with Crippen molar-refractivity contribution in [3.05, 3.63) is 59.8 Å². The third-order valence-electron chi connectivity index (χ3n) is 3.81. The molecule has 0 amide bonds. The standard InChI is InChI=1S/C22H34N2O2S/c1-5-8-13-18(4)14-10-9-11-16-23-22(27)24-17-15-20(21(25)26)19(7-3)12-6-2/h6,10,12-15H,2,5,7-9,11,16-17H2,1,3-4H3,(H,25,26)(H2,23,24,27). The van der Waals surface area contributed by atoms with Gasteiger partial charge in [-0.15, -0.1) is 0 Å². The molecule has 0 radical (unpaired) electrons. The third kappa shape index (κ3) is 12.8. The molecule has 0 unspecified atom stereocenters. The lowest BCUT2D eigenvalue weighted by molar-refractivity contribution is -0.132. The number of carboxylic acid groups (broad SMARTS) is 1. The van der Waals surface area contributed by atoms with Gasteiger partial charge in [0.2, 0.25) is 0 Å². The molecule has 0 rings (SSSR count). The number of nitrogens with one attached hydrogen (secondary N) is 2. The smallest absolute Gasteiger partial charge is 0.335 e. The highest BCUT2D eigenvalue weighted by molar-refractivity contribution is 7.80. The van der Waals surface area contributed by atoms with Gasteiger partial charge in [0.1, 0.15) is 0 Å². The molecule has 0 atom stereocenters. The zero-order valence-corrected chi connectivity index (χ0v) is 17.7. The fourth-order valence-electron chi connectivity index (χ4n) is 2.34. The van der Waals surface area contributed by atoms with Crippen molar-refractivity contribution in [3.8, 4) is 0 Å². The van der Waals surface area contributed by atoms with E-state index in [1.165, 1.54) is 12.0 Å². The topological polar surface area (TPSA) is 61.4 Å². The van der Waals surface area contributed by atoms with Gasteiger partial charge in [-0.3, -0.25) is 0 Å². The van der Waals surface area contributed by atoms with Crippen LogP contribution in [0, 0.1) is 0 Å². The van der Waals surface area contributed by atoms with Crippen LogP contribution in [0.2, 0.25) is 0 Å². The highest BCUT2D eigenvalue weighted by Crippen LogP contribution is 2.14. The minimum atomic E-state index is -0.944. The molecule has 4 nitrogen and oxygen atoms in total. The Kier molecular flexibility index (Phi) is 14.8. The number of hydrogen-bond donors (Lipinski definition) is 3. The molecule has 0 aromatic heterocycles. The van der Waals surface area contributed by atoms with Gasteiger partial charge in [-0.05, 0) is 50.4 Å². The van der Waals surface area contributed by atoms with Crippen LogP contribution in [0.1, 0.15) is 52.9 Å². The summed E-state index contributed by atoms with van der Waals surface area (Å²) in [5.74, 6) is -0.944. The van der Waals surface area contributed by atoms with Crippen molar-refractivity contribution in [3.63, 3.8) is 0 Å². The molecule has 0 heterocycles. The molecule has 0 aromatic carbocycles. The van der Waals surface area contributed by atoms with E-state index in [0.29, 0.717) is 18.1 Å². The Morgan fingerprint density at radius 1 is 1.19 bits per heavy atom. The molecule has 0 bridgehead atoms. The van der Waals surface area contributed by atoms with Crippen LogP contribution < -0.4 is 10.6 Å². The van der Waals surface area contributed by atoms with Gasteiger partial charge in [-0.2, -0.15) is 0 Å². The summed E-state index contributed by atoms with van der Waals surface area (Å²) in [5, 5.41) is 16.0. The first kappa shape index (κ1) is 24.9. The lowest BCUT2D eigenvalue weighted by Gasteiger charge is -2.10. The third-order valence-corrected chi connectivity index (χ3v) is 4.10. The van der Waals surface area contributed by atoms with E-state index in [2.05, 4.69) is 49.3 Å². The first-order valence-corrected chi connectivity index (χ1v) is 9.97. The average molecular weight is 391 g/mol. The van der Waals surface area contributed by atoms with Crippen molar-refractivity contribution in [2.24, 2.45) is 0 Å². The molecule has 150 valence electrons. The summed E-state index contributed by atoms with van der Waals surface area (Å²) in [6, 6.07) is 0. The summed E-state index contributed by atoms with van der Waals surface area (Å²) in [5.41, 5.74) is 2.33. The van der Waals surface area contributed by atoms with Crippen molar-refractivity contribution in [2.75, 3.05) is 13.1 Å². The molecule has 0 aromatic rings. The van der Waals surface area contributed by atoms with Crippen molar-refractivity contribution in [1.29, 1.82) is 0 Å². The molecule has 0 saturated heterocycles. The van der Waals surface area contributed by atoms with Gasteiger partial charge in [0, 0.05) is 13.1 Å². The normalized spacial score (nSPS) is 12.9. The molecule has 0 spiro atoms. The van der Waals surface area contributed by atoms with Crippen LogP contribution in [-0.2, 0) is 4.79 Å². The van der Waals surface area contributed by atoms with E-state index < -0.39 is 5.97 Å². The van der Waals surface area contributed by atoms with E-state index in [0.717, 1.165) is 31.4 Å². The molecule has 0 fully saturated rings. The average Bonchev–Trinajstić information content (AvgIpc) is 2.64. The number of carbonyl (C=O) groups is 1. The van der Waals surface area contributed by atoms with E-state index in [1.54, 1.807) is 18.2 Å². The molecule has 3 N–H and O–H groups in total. The maximum Gasteiger partial charge on any atom is 0.335 e. The predicted octanol–water partition coefficient (Wildman–Crippen LogP) is 5.07. The van der Waals surface area contributed by atoms with Crippen molar-refractivity contribution in [2.45, 2.75) is 52.9 Å². The van der Waals surface area contributed by atoms with Gasteiger partial charge in [-0.1, -0.05) is 68.9 Å². The first-order valence-electron chi connectivity index (χ1n) is 9.56. The summed E-state index contributed by atoms with van der Waals surface area (Å²) < 4.78 is 0. The van der Waals surface area contributed by atoms with Gasteiger partial charge >= 0.3 is 5.97 Å². The maximum atomic E-state index is 11.4. The van der Waals surface area contributed by atoms with Gasteiger partial charge in [0.25, 0.3) is 0 Å². The number of aliphatic carboxylic acids is 1. The van der Waals surface area contributed by atoms with Gasteiger partial charge in [0.05, 0.1) is 5.57 Å². The zero-order chi connectivity index (χ0) is 20.5. The molecule has 0 saturated carbocycles. The second-order valence-corrected chi connectivity index (χ2v) is 6.53. The van der Waals surface area contributed by atoms with Crippen LogP contribution in [0.25, 0.3) is 0 Å². The quantitative estimate of drug-likeness (QED) is 0.177. The molecule has 0 aliphatic carbocycles. The highest BCUT2D eigenvalue weighted by atomic mass is 32.1. The molecule has 0 aliphatic heterocycles. The van der Waals surface area contributed by atoms with E-state index in [1.807, 2.05) is 6.92 Å². The molecule has 0 aliphatic rings. The van der Waals surface area contributed by atoms with E-state index in [4.69, 9.17) is 12.2 Å². The van der Waals surface area contributed by atoms with Crippen LogP contribution in [0.3, 0.4) is 0 Å². The first-order chi connectivity index (χ1) is 13.0. The second kappa shape index (κ2) is 16.1. The summed E-state index contributed by atoms with van der Waals surface area (Å²) in [6.45, 7) is 11.0. The highest BCUT2D eigenvalue weighted by Gasteiger charge is 2.10.